The molecule has 1 fully saturated rings. The first-order valence-electron chi connectivity index (χ1n) is 9.11. The molecule has 0 amide bonds. The van der Waals surface area contributed by atoms with Gasteiger partial charge in [-0.05, 0) is 47.0 Å². The van der Waals surface area contributed by atoms with Crippen molar-refractivity contribution in [3.8, 4) is 6.07 Å². The molecule has 2 atom stereocenters. The van der Waals surface area contributed by atoms with Gasteiger partial charge in [-0.25, -0.2) is 0 Å². The Hall–Kier alpha value is -2.67. The Kier molecular flexibility index (Phi) is 4.71. The molecule has 26 heavy (non-hydrogen) atoms. The highest BCUT2D eigenvalue weighted by atomic mass is 16.3. The van der Waals surface area contributed by atoms with E-state index in [0.29, 0.717) is 12.1 Å². The largest absolute Gasteiger partial charge is 0.391 e. The second-order valence-electron chi connectivity index (χ2n) is 7.12. The van der Waals surface area contributed by atoms with Crippen LogP contribution in [0.5, 0.6) is 0 Å². The number of benzene rings is 3. The molecule has 1 heterocycles. The van der Waals surface area contributed by atoms with Crippen molar-refractivity contribution in [1.82, 2.24) is 4.90 Å². The van der Waals surface area contributed by atoms with Crippen LogP contribution < -0.4 is 0 Å². The lowest BCUT2D eigenvalue weighted by Gasteiger charge is -2.36. The van der Waals surface area contributed by atoms with Crippen LogP contribution in [-0.4, -0.2) is 29.2 Å². The van der Waals surface area contributed by atoms with Gasteiger partial charge in [-0.3, -0.25) is 4.90 Å². The van der Waals surface area contributed by atoms with Gasteiger partial charge < -0.3 is 5.11 Å². The maximum absolute atomic E-state index is 10.7. The molecule has 0 aromatic heterocycles. The molecule has 130 valence electrons. The van der Waals surface area contributed by atoms with Gasteiger partial charge in [-0.2, -0.15) is 5.26 Å². The molecule has 3 heteroatoms. The van der Waals surface area contributed by atoms with Crippen molar-refractivity contribution >= 4 is 10.8 Å². The van der Waals surface area contributed by atoms with Gasteiger partial charge in [0.1, 0.15) is 0 Å². The van der Waals surface area contributed by atoms with Crippen LogP contribution in [0.1, 0.15) is 29.0 Å². The molecule has 0 saturated carbocycles. The summed E-state index contributed by atoms with van der Waals surface area (Å²) < 4.78 is 0. The molecule has 0 unspecified atom stereocenters. The number of aliphatic hydroxyl groups excluding tert-OH is 1. The highest BCUT2D eigenvalue weighted by Crippen LogP contribution is 2.31. The van der Waals surface area contributed by atoms with Crippen molar-refractivity contribution in [3.63, 3.8) is 0 Å². The highest BCUT2D eigenvalue weighted by molar-refractivity contribution is 5.83. The minimum atomic E-state index is -0.371. The Labute approximate surface area is 154 Å². The summed E-state index contributed by atoms with van der Waals surface area (Å²) in [4.78, 5) is 2.28. The monoisotopic (exact) mass is 342 g/mol. The van der Waals surface area contributed by atoms with Crippen molar-refractivity contribution in [2.45, 2.75) is 25.0 Å². The third-order valence-corrected chi connectivity index (χ3v) is 5.33. The van der Waals surface area contributed by atoms with Gasteiger partial charge in [0.2, 0.25) is 0 Å². The number of piperidine rings is 1. The van der Waals surface area contributed by atoms with E-state index in [1.807, 2.05) is 24.3 Å². The van der Waals surface area contributed by atoms with Crippen LogP contribution in [0.2, 0.25) is 0 Å². The predicted molar refractivity (Wildman–Crippen MR) is 104 cm³/mol. The van der Waals surface area contributed by atoms with Crippen molar-refractivity contribution in [1.29, 1.82) is 5.26 Å². The molecule has 3 nitrogen and oxygen atoms in total. The third kappa shape index (κ3) is 3.48. The highest BCUT2D eigenvalue weighted by Gasteiger charge is 2.28. The Bertz CT molecular complexity index is 960. The van der Waals surface area contributed by atoms with E-state index in [9.17, 15) is 5.11 Å². The number of likely N-dealkylation sites (tertiary alicyclic amines) is 1. The van der Waals surface area contributed by atoms with Crippen molar-refractivity contribution in [2.75, 3.05) is 13.1 Å². The van der Waals surface area contributed by atoms with Gasteiger partial charge >= 0.3 is 0 Å². The van der Waals surface area contributed by atoms with Gasteiger partial charge in [0, 0.05) is 19.0 Å². The van der Waals surface area contributed by atoms with Crippen LogP contribution in [0.15, 0.2) is 66.7 Å². The van der Waals surface area contributed by atoms with E-state index in [1.54, 1.807) is 0 Å². The second kappa shape index (κ2) is 7.29. The molecule has 0 aliphatic carbocycles. The van der Waals surface area contributed by atoms with E-state index < -0.39 is 0 Å². The number of fused-ring (bicyclic) bond motifs is 1. The summed E-state index contributed by atoms with van der Waals surface area (Å²) in [6, 6.07) is 24.8. The van der Waals surface area contributed by atoms with Gasteiger partial charge in [0.05, 0.1) is 17.7 Å². The first-order valence-corrected chi connectivity index (χ1v) is 9.11. The average molecular weight is 342 g/mol. The molecular formula is C23H22N2O. The predicted octanol–water partition coefficient (Wildman–Crippen LogP) is 4.06. The summed E-state index contributed by atoms with van der Waals surface area (Å²) in [6.07, 6.45) is 0.571. The van der Waals surface area contributed by atoms with Crippen LogP contribution in [0.4, 0.5) is 0 Å². The SMILES string of the molecule is N#Cc1cccc(CN2CC[C@H](c3ccc4ccccc4c3)[C@@H](O)C2)c1. The number of aliphatic hydroxyl groups is 1. The standard InChI is InChI=1S/C23H22N2O/c24-14-17-4-3-5-18(12-17)15-25-11-10-22(23(26)16-25)21-9-8-19-6-1-2-7-20(19)13-21/h1-9,12-13,22-23,26H,10-11,15-16H2/t22-,23+/m1/s1. The van der Waals surface area contributed by atoms with Crippen LogP contribution in [0.25, 0.3) is 10.8 Å². The normalized spacial score (nSPS) is 20.8. The van der Waals surface area contributed by atoms with Crippen molar-refractivity contribution < 1.29 is 5.11 Å². The molecule has 3 aromatic carbocycles. The van der Waals surface area contributed by atoms with Crippen LogP contribution in [0.3, 0.4) is 0 Å². The van der Waals surface area contributed by atoms with E-state index in [1.165, 1.54) is 16.3 Å². The smallest absolute Gasteiger partial charge is 0.0991 e. The number of nitrogens with zero attached hydrogens (tertiary/aromatic N) is 2. The number of hydrogen-bond acceptors (Lipinski definition) is 3. The molecular weight excluding hydrogens is 320 g/mol. The zero-order chi connectivity index (χ0) is 17.9. The number of rotatable bonds is 3. The fourth-order valence-corrected chi connectivity index (χ4v) is 3.97. The summed E-state index contributed by atoms with van der Waals surface area (Å²) in [5.74, 6) is 0.182. The summed E-state index contributed by atoms with van der Waals surface area (Å²) in [6.45, 7) is 2.39. The molecule has 1 saturated heterocycles. The second-order valence-corrected chi connectivity index (χ2v) is 7.12. The van der Waals surface area contributed by atoms with E-state index in [-0.39, 0.29) is 12.0 Å². The zero-order valence-electron chi connectivity index (χ0n) is 14.7. The lowest BCUT2D eigenvalue weighted by atomic mass is 9.86. The quantitative estimate of drug-likeness (QED) is 0.781. The first-order chi connectivity index (χ1) is 12.7. The minimum absolute atomic E-state index is 0.182. The average Bonchev–Trinajstić information content (AvgIpc) is 2.68. The first kappa shape index (κ1) is 16.8. The van der Waals surface area contributed by atoms with Crippen LogP contribution in [-0.2, 0) is 6.54 Å². The molecule has 4 rings (SSSR count). The Balaban J connectivity index is 1.46. The molecule has 1 aliphatic rings. The summed E-state index contributed by atoms with van der Waals surface area (Å²) in [5.41, 5.74) is 3.04. The van der Waals surface area contributed by atoms with Gasteiger partial charge in [0.15, 0.2) is 0 Å². The molecule has 0 radical (unpaired) electrons. The molecule has 1 aliphatic heterocycles. The third-order valence-electron chi connectivity index (χ3n) is 5.33. The number of nitriles is 1. The van der Waals surface area contributed by atoms with Gasteiger partial charge in [-0.1, -0.05) is 54.6 Å². The van der Waals surface area contributed by atoms with Gasteiger partial charge in [-0.15, -0.1) is 0 Å². The fourth-order valence-electron chi connectivity index (χ4n) is 3.97. The van der Waals surface area contributed by atoms with E-state index >= 15 is 0 Å². The van der Waals surface area contributed by atoms with Gasteiger partial charge in [0.25, 0.3) is 0 Å². The molecule has 1 N–H and O–H groups in total. The lowest BCUT2D eigenvalue weighted by Crippen LogP contribution is -2.42. The number of hydrogen-bond donors (Lipinski definition) is 1. The molecule has 3 aromatic rings. The minimum Gasteiger partial charge on any atom is -0.391 e. The van der Waals surface area contributed by atoms with E-state index in [4.69, 9.17) is 5.26 Å². The maximum atomic E-state index is 10.7. The van der Waals surface area contributed by atoms with Crippen molar-refractivity contribution in [3.05, 3.63) is 83.4 Å². The summed E-state index contributed by atoms with van der Waals surface area (Å²) in [5, 5.41) is 22.3. The van der Waals surface area contributed by atoms with E-state index in [0.717, 1.165) is 25.1 Å². The van der Waals surface area contributed by atoms with Crippen molar-refractivity contribution in [2.24, 2.45) is 0 Å². The molecule has 0 bridgehead atoms. The van der Waals surface area contributed by atoms with Crippen LogP contribution >= 0.6 is 0 Å². The Morgan fingerprint density at radius 2 is 1.85 bits per heavy atom. The zero-order valence-corrected chi connectivity index (χ0v) is 14.7. The topological polar surface area (TPSA) is 47.3 Å². The van der Waals surface area contributed by atoms with Crippen LogP contribution in [0, 0.1) is 11.3 Å². The van der Waals surface area contributed by atoms with E-state index in [2.05, 4.69) is 53.4 Å². The Morgan fingerprint density at radius 1 is 1.00 bits per heavy atom. The summed E-state index contributed by atoms with van der Waals surface area (Å²) in [7, 11) is 0. The Morgan fingerprint density at radius 3 is 2.65 bits per heavy atom. The summed E-state index contributed by atoms with van der Waals surface area (Å²) >= 11 is 0. The number of β-amino-alcohol motifs (C(OH)–C–C–N with tert-alkyl or cyclic N) is 1. The maximum Gasteiger partial charge on any atom is 0.0991 e. The fraction of sp³-hybridized carbons (Fsp3) is 0.261. The molecule has 0 spiro atoms. The lowest BCUT2D eigenvalue weighted by molar-refractivity contribution is 0.0477.